The molecule has 7 nitrogen and oxygen atoms in total. The maximum Gasteiger partial charge on any atom is 0.343 e. The van der Waals surface area contributed by atoms with Crippen molar-refractivity contribution in [2.45, 2.75) is 25.3 Å². The number of ketones is 1. The second kappa shape index (κ2) is 10.5. The average Bonchev–Trinajstić information content (AvgIpc) is 3.04. The van der Waals surface area contributed by atoms with Gasteiger partial charge in [0.2, 0.25) is 5.91 Å². The number of hydrogen-bond donors (Lipinski definition) is 1. The summed E-state index contributed by atoms with van der Waals surface area (Å²) in [5, 5.41) is 7.18. The molecule has 32 heavy (non-hydrogen) atoms. The molecule has 0 bridgehead atoms. The molecule has 2 aromatic carbocycles. The first-order chi connectivity index (χ1) is 15.3. The molecule has 3 aromatic rings. The summed E-state index contributed by atoms with van der Waals surface area (Å²) < 4.78 is 6.75. The van der Waals surface area contributed by atoms with E-state index in [0.717, 1.165) is 10.5 Å². The number of hydrogen-bond acceptors (Lipinski definition) is 6. The van der Waals surface area contributed by atoms with Crippen molar-refractivity contribution in [1.82, 2.24) is 9.78 Å². The largest absolute Gasteiger partial charge is 0.454 e. The quantitative estimate of drug-likeness (QED) is 0.293. The summed E-state index contributed by atoms with van der Waals surface area (Å²) in [6.07, 6.45) is 1.87. The molecule has 1 N–H and O–H groups in total. The highest BCUT2D eigenvalue weighted by molar-refractivity contribution is 7.98. The number of carbonyl (C=O) groups excluding carboxylic acids is 3. The zero-order chi connectivity index (χ0) is 23.3. The lowest BCUT2D eigenvalue weighted by molar-refractivity contribution is -0.114. The van der Waals surface area contributed by atoms with Crippen molar-refractivity contribution in [2.75, 3.05) is 18.2 Å². The standard InChI is InChI=1S/C23H22ClN3O4S/c1-14-21(22(24)27(26-14)12-16-7-5-4-6-8-16)23(30)31-13-19(29)17-9-10-20(32-3)18(11-17)25-15(2)28/h4-11H,12-13H2,1-3H3,(H,25,28). The molecule has 0 saturated carbocycles. The zero-order valence-electron chi connectivity index (χ0n) is 17.8. The van der Waals surface area contributed by atoms with E-state index in [1.807, 2.05) is 36.6 Å². The summed E-state index contributed by atoms with van der Waals surface area (Å²) in [6.45, 7) is 2.99. The molecule has 0 unspecified atom stereocenters. The Labute approximate surface area is 195 Å². The van der Waals surface area contributed by atoms with Crippen molar-refractivity contribution in [3.05, 3.63) is 76.1 Å². The predicted octanol–water partition coefficient (Wildman–Crippen LogP) is 4.61. The summed E-state index contributed by atoms with van der Waals surface area (Å²) in [7, 11) is 0. The van der Waals surface area contributed by atoms with Crippen LogP contribution in [0.5, 0.6) is 0 Å². The van der Waals surface area contributed by atoms with Crippen molar-refractivity contribution in [3.8, 4) is 0 Å². The van der Waals surface area contributed by atoms with Gasteiger partial charge in [0.15, 0.2) is 12.4 Å². The molecule has 1 aromatic heterocycles. The molecule has 166 valence electrons. The molecule has 0 aliphatic carbocycles. The van der Waals surface area contributed by atoms with E-state index < -0.39 is 18.4 Å². The van der Waals surface area contributed by atoms with E-state index in [2.05, 4.69) is 10.4 Å². The monoisotopic (exact) mass is 471 g/mol. The number of carbonyl (C=O) groups is 3. The third kappa shape index (κ3) is 5.57. The van der Waals surface area contributed by atoms with Crippen LogP contribution in [0.25, 0.3) is 0 Å². The van der Waals surface area contributed by atoms with Crippen LogP contribution in [0.2, 0.25) is 5.15 Å². The molecule has 0 aliphatic heterocycles. The van der Waals surface area contributed by atoms with Crippen molar-refractivity contribution in [3.63, 3.8) is 0 Å². The SMILES string of the molecule is CSc1ccc(C(=O)COC(=O)c2c(C)nn(Cc3ccccc3)c2Cl)cc1NC(C)=O. The minimum atomic E-state index is -0.719. The predicted molar refractivity (Wildman–Crippen MR) is 125 cm³/mol. The zero-order valence-corrected chi connectivity index (χ0v) is 19.4. The van der Waals surface area contributed by atoms with E-state index in [1.54, 1.807) is 25.1 Å². The number of nitrogens with zero attached hydrogens (tertiary/aromatic N) is 2. The van der Waals surface area contributed by atoms with Gasteiger partial charge in [-0.3, -0.25) is 9.59 Å². The fraction of sp³-hybridized carbons (Fsp3) is 0.217. The summed E-state index contributed by atoms with van der Waals surface area (Å²) >= 11 is 7.83. The first-order valence-corrected chi connectivity index (χ1v) is 11.3. The molecular formula is C23H22ClN3O4S. The number of nitrogens with one attached hydrogen (secondary N) is 1. The first-order valence-electron chi connectivity index (χ1n) is 9.73. The van der Waals surface area contributed by atoms with Crippen molar-refractivity contribution < 1.29 is 19.1 Å². The van der Waals surface area contributed by atoms with Crippen molar-refractivity contribution in [2.24, 2.45) is 0 Å². The van der Waals surface area contributed by atoms with Gasteiger partial charge in [0, 0.05) is 17.4 Å². The van der Waals surface area contributed by atoms with Gasteiger partial charge < -0.3 is 10.1 Å². The Hall–Kier alpha value is -3.10. The van der Waals surface area contributed by atoms with E-state index in [1.165, 1.54) is 23.4 Å². The Morgan fingerprint density at radius 1 is 1.16 bits per heavy atom. The number of rotatable bonds is 8. The van der Waals surface area contributed by atoms with E-state index in [0.29, 0.717) is 23.5 Å². The molecule has 0 aliphatic rings. The number of amides is 1. The number of ether oxygens (including phenoxy) is 1. The van der Waals surface area contributed by atoms with Crippen LogP contribution < -0.4 is 5.32 Å². The fourth-order valence-corrected chi connectivity index (χ4v) is 3.95. The number of benzene rings is 2. The first kappa shape index (κ1) is 23.6. The number of halogens is 1. The third-order valence-electron chi connectivity index (χ3n) is 4.61. The molecule has 3 rings (SSSR count). The highest BCUT2D eigenvalue weighted by Crippen LogP contribution is 2.27. The van der Waals surface area contributed by atoms with Gasteiger partial charge in [-0.2, -0.15) is 5.10 Å². The molecule has 0 fully saturated rings. The van der Waals surface area contributed by atoms with Crippen LogP contribution in [0, 0.1) is 6.92 Å². The molecule has 0 atom stereocenters. The fourth-order valence-electron chi connectivity index (χ4n) is 3.10. The van der Waals surface area contributed by atoms with Crippen LogP contribution in [0.3, 0.4) is 0 Å². The molecule has 0 saturated heterocycles. The van der Waals surface area contributed by atoms with Gasteiger partial charge in [-0.25, -0.2) is 9.48 Å². The normalized spacial score (nSPS) is 10.6. The van der Waals surface area contributed by atoms with Crippen LogP contribution in [0.4, 0.5) is 5.69 Å². The maximum absolute atomic E-state index is 12.6. The third-order valence-corrected chi connectivity index (χ3v) is 5.79. The van der Waals surface area contributed by atoms with Gasteiger partial charge in [0.25, 0.3) is 0 Å². The minimum absolute atomic E-state index is 0.132. The highest BCUT2D eigenvalue weighted by atomic mass is 35.5. The number of anilines is 1. The Kier molecular flexibility index (Phi) is 7.71. The number of Topliss-reactive ketones (excluding diaryl/α,β-unsaturated/α-hetero) is 1. The lowest BCUT2D eigenvalue weighted by Crippen LogP contribution is -2.16. The van der Waals surface area contributed by atoms with Gasteiger partial charge >= 0.3 is 5.97 Å². The van der Waals surface area contributed by atoms with Crippen LogP contribution in [-0.2, 0) is 16.1 Å². The second-order valence-corrected chi connectivity index (χ2v) is 8.20. The van der Waals surface area contributed by atoms with Gasteiger partial charge in [-0.15, -0.1) is 11.8 Å². The van der Waals surface area contributed by atoms with E-state index in [4.69, 9.17) is 16.3 Å². The van der Waals surface area contributed by atoms with Crippen LogP contribution in [0.1, 0.15) is 38.9 Å². The van der Waals surface area contributed by atoms with Crippen LogP contribution in [-0.4, -0.2) is 40.3 Å². The Morgan fingerprint density at radius 2 is 1.88 bits per heavy atom. The van der Waals surface area contributed by atoms with E-state index in [9.17, 15) is 14.4 Å². The molecule has 0 radical (unpaired) electrons. The molecule has 1 amide bonds. The number of aromatic nitrogens is 2. The lowest BCUT2D eigenvalue weighted by atomic mass is 10.1. The molecule has 0 spiro atoms. The van der Waals surface area contributed by atoms with Gasteiger partial charge in [0.05, 0.1) is 17.9 Å². The summed E-state index contributed by atoms with van der Waals surface area (Å²) in [5.41, 5.74) is 2.38. The summed E-state index contributed by atoms with van der Waals surface area (Å²) in [6, 6.07) is 14.5. The number of thioether (sulfide) groups is 1. The maximum atomic E-state index is 12.6. The Bertz CT molecular complexity index is 1160. The van der Waals surface area contributed by atoms with Gasteiger partial charge in [-0.1, -0.05) is 48.0 Å². The molecular weight excluding hydrogens is 450 g/mol. The van der Waals surface area contributed by atoms with Crippen molar-refractivity contribution >= 4 is 46.7 Å². The number of esters is 1. The smallest absolute Gasteiger partial charge is 0.343 e. The van der Waals surface area contributed by atoms with Gasteiger partial charge in [0.1, 0.15) is 10.7 Å². The summed E-state index contributed by atoms with van der Waals surface area (Å²) in [5.74, 6) is -1.36. The molecule has 9 heteroatoms. The topological polar surface area (TPSA) is 90.3 Å². The van der Waals surface area contributed by atoms with Gasteiger partial charge in [-0.05, 0) is 30.9 Å². The van der Waals surface area contributed by atoms with Crippen LogP contribution in [0.15, 0.2) is 53.4 Å². The molecule has 1 heterocycles. The van der Waals surface area contributed by atoms with E-state index in [-0.39, 0.29) is 16.6 Å². The van der Waals surface area contributed by atoms with Crippen molar-refractivity contribution in [1.29, 1.82) is 0 Å². The average molecular weight is 472 g/mol. The minimum Gasteiger partial charge on any atom is -0.454 e. The summed E-state index contributed by atoms with van der Waals surface area (Å²) in [4.78, 5) is 37.5. The lowest BCUT2D eigenvalue weighted by Gasteiger charge is -2.10. The Morgan fingerprint density at radius 3 is 2.53 bits per heavy atom. The highest BCUT2D eigenvalue weighted by Gasteiger charge is 2.23. The second-order valence-electron chi connectivity index (χ2n) is 6.99. The van der Waals surface area contributed by atoms with Crippen LogP contribution >= 0.6 is 23.4 Å². The van der Waals surface area contributed by atoms with E-state index >= 15 is 0 Å². The Balaban J connectivity index is 1.70. The number of aryl methyl sites for hydroxylation is 1.